The van der Waals surface area contributed by atoms with Gasteiger partial charge >= 0.3 is 5.97 Å². The summed E-state index contributed by atoms with van der Waals surface area (Å²) in [5, 5.41) is 0. The summed E-state index contributed by atoms with van der Waals surface area (Å²) in [6.45, 7) is 0.0864. The highest BCUT2D eigenvalue weighted by Gasteiger charge is 2.45. The van der Waals surface area contributed by atoms with Crippen molar-refractivity contribution < 1.29 is 31.2 Å². The van der Waals surface area contributed by atoms with Crippen molar-refractivity contribution in [3.63, 3.8) is 0 Å². The Morgan fingerprint density at radius 3 is 1.67 bits per heavy atom. The van der Waals surface area contributed by atoms with E-state index >= 15 is 0 Å². The Balaban J connectivity index is 1.81. The summed E-state index contributed by atoms with van der Waals surface area (Å²) in [5.41, 5.74) is 0.416. The number of unbranched alkanes of at least 4 members (excludes halogenated alkanes) is 1. The third-order valence-corrected chi connectivity index (χ3v) is 11.1. The van der Waals surface area contributed by atoms with Crippen LogP contribution in [0.2, 0.25) is 0 Å². The SMILES string of the molecule is O=CC[C@@H](CCCCOC(=O)c1ccccc1)C(S(=O)(=O)c1ccccc1)S(=O)(=O)c1ccccc1. The van der Waals surface area contributed by atoms with E-state index in [0.717, 1.165) is 0 Å². The van der Waals surface area contributed by atoms with Gasteiger partial charge in [0.25, 0.3) is 0 Å². The predicted molar refractivity (Wildman–Crippen MR) is 136 cm³/mol. The molecule has 0 saturated heterocycles. The zero-order chi connectivity index (χ0) is 26.0. The van der Waals surface area contributed by atoms with Gasteiger partial charge in [-0.05, 0) is 61.6 Å². The van der Waals surface area contributed by atoms with E-state index in [-0.39, 0.29) is 29.2 Å². The average Bonchev–Trinajstić information content (AvgIpc) is 2.89. The molecule has 0 heterocycles. The average molecular weight is 529 g/mol. The van der Waals surface area contributed by atoms with E-state index in [1.54, 1.807) is 42.5 Å². The van der Waals surface area contributed by atoms with Crippen molar-refractivity contribution in [1.29, 1.82) is 0 Å². The summed E-state index contributed by atoms with van der Waals surface area (Å²) in [5.74, 6) is -1.46. The molecule has 0 radical (unpaired) electrons. The molecule has 0 amide bonds. The molecule has 0 aliphatic rings. The van der Waals surface area contributed by atoms with Crippen molar-refractivity contribution in [2.45, 2.75) is 40.1 Å². The number of hydrogen-bond donors (Lipinski definition) is 0. The summed E-state index contributed by atoms with van der Waals surface area (Å²) in [6.07, 6.45) is 1.20. The maximum Gasteiger partial charge on any atom is 0.338 e. The lowest BCUT2D eigenvalue weighted by atomic mass is 10.0. The number of benzene rings is 3. The van der Waals surface area contributed by atoms with Crippen molar-refractivity contribution in [2.24, 2.45) is 5.92 Å². The number of carbonyl (C=O) groups excluding carboxylic acids is 2. The van der Waals surface area contributed by atoms with Gasteiger partial charge in [0, 0.05) is 6.42 Å². The second kappa shape index (κ2) is 12.6. The molecule has 36 heavy (non-hydrogen) atoms. The molecule has 9 heteroatoms. The highest BCUT2D eigenvalue weighted by molar-refractivity contribution is 8.09. The molecule has 0 spiro atoms. The topological polar surface area (TPSA) is 112 Å². The second-order valence-corrected chi connectivity index (χ2v) is 12.7. The molecular formula is C27H28O7S2. The van der Waals surface area contributed by atoms with Gasteiger partial charge in [0.05, 0.1) is 22.0 Å². The van der Waals surface area contributed by atoms with E-state index in [0.29, 0.717) is 24.7 Å². The highest BCUT2D eigenvalue weighted by Crippen LogP contribution is 2.34. The van der Waals surface area contributed by atoms with E-state index < -0.39 is 36.1 Å². The molecule has 3 aromatic rings. The van der Waals surface area contributed by atoms with Crippen LogP contribution in [0.3, 0.4) is 0 Å². The Labute approximate surface area is 212 Å². The third kappa shape index (κ3) is 6.67. The summed E-state index contributed by atoms with van der Waals surface area (Å²) in [6, 6.07) is 23.3. The first-order valence-corrected chi connectivity index (χ1v) is 14.6. The van der Waals surface area contributed by atoms with E-state index in [4.69, 9.17) is 4.74 Å². The molecule has 0 aliphatic heterocycles. The van der Waals surface area contributed by atoms with Crippen molar-refractivity contribution in [2.75, 3.05) is 6.61 Å². The third-order valence-electron chi connectivity index (χ3n) is 5.75. The maximum atomic E-state index is 13.6. The van der Waals surface area contributed by atoms with Crippen molar-refractivity contribution in [3.8, 4) is 0 Å². The highest BCUT2D eigenvalue weighted by atomic mass is 32.3. The van der Waals surface area contributed by atoms with Gasteiger partial charge in [-0.1, -0.05) is 54.6 Å². The number of rotatable bonds is 13. The first-order chi connectivity index (χ1) is 17.3. The number of carbonyl (C=O) groups is 2. The molecule has 0 bridgehead atoms. The molecule has 0 aromatic heterocycles. The van der Waals surface area contributed by atoms with Crippen LogP contribution < -0.4 is 0 Å². The molecule has 190 valence electrons. The molecule has 3 rings (SSSR count). The van der Waals surface area contributed by atoms with Crippen LogP contribution in [0.5, 0.6) is 0 Å². The summed E-state index contributed by atoms with van der Waals surface area (Å²) in [4.78, 5) is 23.4. The standard InChI is InChI=1S/C27H28O7S2/c28-20-19-23(14-10-11-21-34-26(29)22-12-4-1-5-13-22)27(35(30,31)24-15-6-2-7-16-24)36(32,33)25-17-8-3-9-18-25/h1-9,12-13,15-18,20,23,27H,10-11,14,19,21H2/t23-/m1/s1. The van der Waals surface area contributed by atoms with Crippen LogP contribution in [0.25, 0.3) is 0 Å². The van der Waals surface area contributed by atoms with Crippen molar-refractivity contribution in [3.05, 3.63) is 96.6 Å². The van der Waals surface area contributed by atoms with Gasteiger partial charge in [0.2, 0.25) is 0 Å². The normalized spacial score (nSPS) is 12.7. The lowest BCUT2D eigenvalue weighted by Crippen LogP contribution is -2.38. The summed E-state index contributed by atoms with van der Waals surface area (Å²) in [7, 11) is -8.71. The molecule has 0 saturated carbocycles. The van der Waals surface area contributed by atoms with Gasteiger partial charge < -0.3 is 9.53 Å². The van der Waals surface area contributed by atoms with Gasteiger partial charge in [-0.3, -0.25) is 0 Å². The van der Waals surface area contributed by atoms with E-state index in [1.807, 2.05) is 0 Å². The molecule has 0 unspecified atom stereocenters. The molecular weight excluding hydrogens is 500 g/mol. The Kier molecular flexibility index (Phi) is 9.55. The number of ether oxygens (including phenoxy) is 1. The summed E-state index contributed by atoms with van der Waals surface area (Å²) < 4.78 is 58.0. The van der Waals surface area contributed by atoms with Crippen molar-refractivity contribution >= 4 is 31.9 Å². The first kappa shape index (κ1) is 27.3. The number of aldehydes is 1. The van der Waals surface area contributed by atoms with Gasteiger partial charge in [0.1, 0.15) is 6.29 Å². The van der Waals surface area contributed by atoms with E-state index in [2.05, 4.69) is 0 Å². The molecule has 0 aliphatic carbocycles. The minimum Gasteiger partial charge on any atom is -0.462 e. The van der Waals surface area contributed by atoms with Crippen LogP contribution in [-0.2, 0) is 29.2 Å². The smallest absolute Gasteiger partial charge is 0.338 e. The molecule has 0 N–H and O–H groups in total. The Morgan fingerprint density at radius 2 is 1.19 bits per heavy atom. The van der Waals surface area contributed by atoms with Crippen LogP contribution >= 0.6 is 0 Å². The van der Waals surface area contributed by atoms with Crippen LogP contribution in [-0.4, -0.2) is 40.3 Å². The lowest BCUT2D eigenvalue weighted by Gasteiger charge is -2.26. The predicted octanol–water partition coefficient (Wildman–Crippen LogP) is 4.49. The molecule has 7 nitrogen and oxygen atoms in total. The second-order valence-electron chi connectivity index (χ2n) is 8.24. The van der Waals surface area contributed by atoms with Crippen molar-refractivity contribution in [1.82, 2.24) is 0 Å². The summed E-state index contributed by atoms with van der Waals surface area (Å²) >= 11 is 0. The Hall–Kier alpha value is -3.30. The zero-order valence-corrected chi connectivity index (χ0v) is 21.2. The fraction of sp³-hybridized carbons (Fsp3) is 0.259. The van der Waals surface area contributed by atoms with Crippen LogP contribution in [0.1, 0.15) is 36.0 Å². The minimum absolute atomic E-state index is 0.0864. The quantitative estimate of drug-likeness (QED) is 0.182. The van der Waals surface area contributed by atoms with Crippen LogP contribution in [0, 0.1) is 5.92 Å². The number of sulfone groups is 2. The van der Waals surface area contributed by atoms with Gasteiger partial charge in [-0.15, -0.1) is 0 Å². The van der Waals surface area contributed by atoms with E-state index in [9.17, 15) is 26.4 Å². The molecule has 3 aromatic carbocycles. The lowest BCUT2D eigenvalue weighted by molar-refractivity contribution is -0.108. The number of esters is 1. The van der Waals surface area contributed by atoms with Gasteiger partial charge in [-0.2, -0.15) is 0 Å². The van der Waals surface area contributed by atoms with Gasteiger partial charge in [-0.25, -0.2) is 21.6 Å². The molecule has 1 atom stereocenters. The maximum absolute atomic E-state index is 13.6. The van der Waals surface area contributed by atoms with E-state index in [1.165, 1.54) is 48.5 Å². The monoisotopic (exact) mass is 528 g/mol. The Morgan fingerprint density at radius 1 is 0.722 bits per heavy atom. The fourth-order valence-electron chi connectivity index (χ4n) is 3.98. The minimum atomic E-state index is -4.35. The molecule has 0 fully saturated rings. The Bertz CT molecular complexity index is 1270. The van der Waals surface area contributed by atoms with Gasteiger partial charge in [0.15, 0.2) is 24.3 Å². The number of hydrogen-bond acceptors (Lipinski definition) is 7. The van der Waals surface area contributed by atoms with Crippen LogP contribution in [0.15, 0.2) is 101 Å². The first-order valence-electron chi connectivity index (χ1n) is 11.5. The zero-order valence-electron chi connectivity index (χ0n) is 19.6. The largest absolute Gasteiger partial charge is 0.462 e. The van der Waals surface area contributed by atoms with Crippen LogP contribution in [0.4, 0.5) is 0 Å². The fourth-order valence-corrected chi connectivity index (χ4v) is 9.10.